The average molecular weight is 316 g/mol. The van der Waals surface area contributed by atoms with E-state index in [1.54, 1.807) is 24.3 Å². The Kier molecular flexibility index (Phi) is 5.55. The number of ether oxygens (including phenoxy) is 1. The molecule has 0 spiro atoms. The van der Waals surface area contributed by atoms with E-state index in [2.05, 4.69) is 10.6 Å². The van der Waals surface area contributed by atoms with Gasteiger partial charge in [0.25, 0.3) is 11.7 Å². The van der Waals surface area contributed by atoms with Gasteiger partial charge in [0, 0.05) is 17.7 Å². The Balaban J connectivity index is 2.01. The number of thioether (sulfide) groups is 1. The lowest BCUT2D eigenvalue weighted by molar-refractivity contribution is -0.140. The topological polar surface area (TPSA) is 50.4 Å². The number of hydrogen-bond acceptors (Lipinski definition) is 4. The maximum Gasteiger partial charge on any atom is 0.288 e. The van der Waals surface area contributed by atoms with E-state index in [0.717, 1.165) is 13.1 Å². The molecule has 0 radical (unpaired) electrons. The van der Waals surface area contributed by atoms with Crippen LogP contribution in [0.2, 0.25) is 0 Å². The highest BCUT2D eigenvalue weighted by molar-refractivity contribution is 7.99. The number of anilines is 1. The summed E-state index contributed by atoms with van der Waals surface area (Å²) in [5, 5.41) is 5.98. The van der Waals surface area contributed by atoms with Crippen LogP contribution in [0.3, 0.4) is 0 Å². The Labute approximate surface area is 126 Å². The first kappa shape index (κ1) is 16.2. The maximum absolute atomic E-state index is 12.4. The lowest BCUT2D eigenvalue weighted by Crippen LogP contribution is -2.51. The average Bonchev–Trinajstić information content (AvgIpc) is 2.49. The molecule has 2 N–H and O–H groups in total. The van der Waals surface area contributed by atoms with E-state index < -0.39 is 11.4 Å². The molecule has 2 rings (SSSR count). The SMILES string of the molecule is COC1(C(=O)Nc2ccc(SC(F)F)cc2)CCNCC1. The molecule has 1 amide bonds. The Morgan fingerprint density at radius 3 is 2.48 bits per heavy atom. The highest BCUT2D eigenvalue weighted by atomic mass is 32.2. The molecule has 1 fully saturated rings. The fraction of sp³-hybridized carbons (Fsp3) is 0.500. The number of rotatable bonds is 5. The summed E-state index contributed by atoms with van der Waals surface area (Å²) < 4.78 is 29.9. The number of methoxy groups -OCH3 is 1. The second-order valence-corrected chi connectivity index (χ2v) is 5.87. The normalized spacial score (nSPS) is 17.7. The number of alkyl halides is 2. The highest BCUT2D eigenvalue weighted by Gasteiger charge is 2.39. The van der Waals surface area contributed by atoms with Gasteiger partial charge in [0.1, 0.15) is 5.60 Å². The summed E-state index contributed by atoms with van der Waals surface area (Å²) in [6, 6.07) is 6.36. The molecule has 0 unspecified atom stereocenters. The van der Waals surface area contributed by atoms with Gasteiger partial charge in [-0.05, 0) is 50.2 Å². The molecular formula is C14H18F2N2O2S. The van der Waals surface area contributed by atoms with Gasteiger partial charge in [-0.2, -0.15) is 8.78 Å². The van der Waals surface area contributed by atoms with Gasteiger partial charge >= 0.3 is 0 Å². The van der Waals surface area contributed by atoms with E-state index >= 15 is 0 Å². The van der Waals surface area contributed by atoms with Gasteiger partial charge in [-0.1, -0.05) is 11.8 Å². The van der Waals surface area contributed by atoms with Gasteiger partial charge in [0.05, 0.1) is 0 Å². The summed E-state index contributed by atoms with van der Waals surface area (Å²) in [7, 11) is 1.53. The molecule has 1 aromatic rings. The van der Waals surface area contributed by atoms with Gasteiger partial charge < -0.3 is 15.4 Å². The highest BCUT2D eigenvalue weighted by Crippen LogP contribution is 2.28. The van der Waals surface area contributed by atoms with Crippen molar-refractivity contribution in [3.63, 3.8) is 0 Å². The first-order valence-corrected chi connectivity index (χ1v) is 7.56. The molecule has 21 heavy (non-hydrogen) atoms. The summed E-state index contributed by atoms with van der Waals surface area (Å²) in [4.78, 5) is 12.9. The summed E-state index contributed by atoms with van der Waals surface area (Å²) in [5.74, 6) is -2.64. The van der Waals surface area contributed by atoms with Crippen molar-refractivity contribution in [2.24, 2.45) is 0 Å². The van der Waals surface area contributed by atoms with Crippen LogP contribution >= 0.6 is 11.8 Å². The minimum atomic E-state index is -2.45. The number of halogens is 2. The molecule has 0 atom stereocenters. The quantitative estimate of drug-likeness (QED) is 0.820. The van der Waals surface area contributed by atoms with Crippen LogP contribution in [0.5, 0.6) is 0 Å². The van der Waals surface area contributed by atoms with Crippen molar-refractivity contribution in [1.82, 2.24) is 5.32 Å². The number of carbonyl (C=O) groups is 1. The standard InChI is InChI=1S/C14H18F2N2O2S/c1-20-14(6-8-17-9-7-14)12(19)18-10-2-4-11(5-3-10)21-13(15)16/h2-5,13,17H,6-9H2,1H3,(H,18,19). The Morgan fingerprint density at radius 1 is 1.33 bits per heavy atom. The smallest absolute Gasteiger partial charge is 0.288 e. The fourth-order valence-electron chi connectivity index (χ4n) is 2.32. The third kappa shape index (κ3) is 4.15. The second kappa shape index (κ2) is 7.20. The van der Waals surface area contributed by atoms with Gasteiger partial charge in [0.2, 0.25) is 0 Å². The monoisotopic (exact) mass is 316 g/mol. The van der Waals surface area contributed by atoms with Crippen LogP contribution in [0.1, 0.15) is 12.8 Å². The predicted octanol–water partition coefficient (Wildman–Crippen LogP) is 2.71. The van der Waals surface area contributed by atoms with Crippen LogP contribution in [0.15, 0.2) is 29.2 Å². The molecule has 1 saturated heterocycles. The maximum atomic E-state index is 12.4. The first-order valence-electron chi connectivity index (χ1n) is 6.68. The Hall–Kier alpha value is -1.18. The molecule has 1 heterocycles. The van der Waals surface area contributed by atoms with Crippen LogP contribution < -0.4 is 10.6 Å². The van der Waals surface area contributed by atoms with E-state index in [4.69, 9.17) is 4.74 Å². The lowest BCUT2D eigenvalue weighted by atomic mass is 9.91. The van der Waals surface area contributed by atoms with Crippen LogP contribution in [0.4, 0.5) is 14.5 Å². The third-order valence-corrected chi connectivity index (χ3v) is 4.28. The summed E-state index contributed by atoms with van der Waals surface area (Å²) >= 11 is 0.479. The van der Waals surface area contributed by atoms with E-state index in [1.807, 2.05) is 0 Å². The zero-order valence-electron chi connectivity index (χ0n) is 11.7. The molecule has 4 nitrogen and oxygen atoms in total. The van der Waals surface area contributed by atoms with Crippen LogP contribution in [0, 0.1) is 0 Å². The number of carbonyl (C=O) groups excluding carboxylic acids is 1. The minimum absolute atomic E-state index is 0.194. The largest absolute Gasteiger partial charge is 0.368 e. The number of benzene rings is 1. The van der Waals surface area contributed by atoms with Crippen molar-refractivity contribution in [2.45, 2.75) is 29.1 Å². The van der Waals surface area contributed by atoms with E-state index in [1.165, 1.54) is 7.11 Å². The Bertz CT molecular complexity index is 476. The number of amides is 1. The van der Waals surface area contributed by atoms with Crippen LogP contribution in [0.25, 0.3) is 0 Å². The first-order chi connectivity index (χ1) is 10.1. The molecule has 1 aliphatic heterocycles. The lowest BCUT2D eigenvalue weighted by Gasteiger charge is -2.34. The van der Waals surface area contributed by atoms with Crippen molar-refractivity contribution < 1.29 is 18.3 Å². The van der Waals surface area contributed by atoms with Crippen molar-refractivity contribution in [1.29, 1.82) is 0 Å². The Morgan fingerprint density at radius 2 is 1.95 bits per heavy atom. The molecule has 0 bridgehead atoms. The predicted molar refractivity (Wildman–Crippen MR) is 78.8 cm³/mol. The van der Waals surface area contributed by atoms with Gasteiger partial charge in [-0.25, -0.2) is 0 Å². The molecule has 7 heteroatoms. The van der Waals surface area contributed by atoms with Gasteiger partial charge in [-0.3, -0.25) is 4.79 Å². The van der Waals surface area contributed by atoms with Crippen LogP contribution in [-0.2, 0) is 9.53 Å². The minimum Gasteiger partial charge on any atom is -0.368 e. The fourth-order valence-corrected chi connectivity index (χ4v) is 2.82. The third-order valence-electron chi connectivity index (χ3n) is 3.55. The van der Waals surface area contributed by atoms with Gasteiger partial charge in [-0.15, -0.1) is 0 Å². The summed E-state index contributed by atoms with van der Waals surface area (Å²) in [6.45, 7) is 1.45. The van der Waals surface area contributed by atoms with Crippen molar-refractivity contribution >= 4 is 23.4 Å². The molecule has 0 aromatic heterocycles. The van der Waals surface area contributed by atoms with Crippen LogP contribution in [-0.4, -0.2) is 37.5 Å². The molecule has 116 valence electrons. The summed E-state index contributed by atoms with van der Waals surface area (Å²) in [5.41, 5.74) is -0.240. The van der Waals surface area contributed by atoms with E-state index in [0.29, 0.717) is 35.2 Å². The van der Waals surface area contributed by atoms with Crippen molar-refractivity contribution in [3.8, 4) is 0 Å². The van der Waals surface area contributed by atoms with E-state index in [9.17, 15) is 13.6 Å². The zero-order chi connectivity index (χ0) is 15.3. The second-order valence-electron chi connectivity index (χ2n) is 4.81. The van der Waals surface area contributed by atoms with Crippen molar-refractivity contribution in [3.05, 3.63) is 24.3 Å². The van der Waals surface area contributed by atoms with Gasteiger partial charge in [0.15, 0.2) is 0 Å². The zero-order valence-corrected chi connectivity index (χ0v) is 12.5. The molecule has 0 saturated carbocycles. The molecule has 1 aromatic carbocycles. The van der Waals surface area contributed by atoms with E-state index in [-0.39, 0.29) is 5.91 Å². The number of hydrogen-bond donors (Lipinski definition) is 2. The molecule has 1 aliphatic rings. The number of nitrogens with one attached hydrogen (secondary N) is 2. The molecular weight excluding hydrogens is 298 g/mol. The van der Waals surface area contributed by atoms with Crippen molar-refractivity contribution in [2.75, 3.05) is 25.5 Å². The number of piperidine rings is 1. The molecule has 0 aliphatic carbocycles. The summed E-state index contributed by atoms with van der Waals surface area (Å²) in [6.07, 6.45) is 1.21.